The van der Waals surface area contributed by atoms with Crippen LogP contribution < -0.4 is 20.5 Å². The second-order valence-electron chi connectivity index (χ2n) is 10.6. The van der Waals surface area contributed by atoms with Crippen LogP contribution in [0.3, 0.4) is 0 Å². The largest absolute Gasteiger partial charge is 0.489 e. The number of nitrogens with zero attached hydrogens (tertiary/aromatic N) is 1. The van der Waals surface area contributed by atoms with Crippen LogP contribution in [0, 0.1) is 0 Å². The number of amides is 1. The fourth-order valence-corrected chi connectivity index (χ4v) is 6.41. The highest BCUT2D eigenvalue weighted by atomic mass is 79.9. The lowest BCUT2D eigenvalue weighted by Gasteiger charge is -2.28. The summed E-state index contributed by atoms with van der Waals surface area (Å²) >= 11 is 10.8. The number of aliphatic hydroxyl groups is 1. The predicted molar refractivity (Wildman–Crippen MR) is 186 cm³/mol. The lowest BCUT2D eigenvalue weighted by Crippen LogP contribution is -2.46. The van der Waals surface area contributed by atoms with Gasteiger partial charge in [-0.15, -0.1) is 17.0 Å². The summed E-state index contributed by atoms with van der Waals surface area (Å²) in [6, 6.07) is 18.9. The van der Waals surface area contributed by atoms with E-state index >= 15 is 0 Å². The molecular formula is C31H30Br4N4O4. The zero-order chi connectivity index (χ0) is 30.0. The van der Waals surface area contributed by atoms with Crippen molar-refractivity contribution in [1.29, 1.82) is 0 Å². The van der Waals surface area contributed by atoms with Gasteiger partial charge in [0.2, 0.25) is 11.8 Å². The van der Waals surface area contributed by atoms with Gasteiger partial charge in [0.15, 0.2) is 0 Å². The summed E-state index contributed by atoms with van der Waals surface area (Å²) < 4.78 is 14.7. The number of H-pyrrole nitrogens is 1. The second-order valence-corrected chi connectivity index (χ2v) is 13.3. The molecule has 12 heteroatoms. The average molecular weight is 842 g/mol. The maximum Gasteiger partial charge on any atom is 0.250 e. The Hall–Kier alpha value is -2.48. The van der Waals surface area contributed by atoms with Crippen LogP contribution in [0.5, 0.6) is 17.4 Å². The average Bonchev–Trinajstić information content (AvgIpc) is 3.32. The first-order valence-electron chi connectivity index (χ1n) is 13.2. The number of benzene rings is 3. The molecule has 5 aromatic rings. The number of primary amides is 1. The Kier molecular flexibility index (Phi) is 10.9. The Morgan fingerprint density at radius 1 is 1.07 bits per heavy atom. The van der Waals surface area contributed by atoms with Crippen molar-refractivity contribution in [3.8, 4) is 17.4 Å². The Morgan fingerprint density at radius 3 is 2.49 bits per heavy atom. The SMILES string of the molecule is Br.CC(C)(Cc1ccc(Oc2ccc(C(N)=O)cn2)cc1)NC[C@H](O)COc1c(Br)cc(Br)c2[nH]c3ccc(Br)cc3c12. The Labute approximate surface area is 284 Å². The van der Waals surface area contributed by atoms with Gasteiger partial charge in [0.05, 0.1) is 20.9 Å². The molecule has 3 aromatic carbocycles. The highest BCUT2D eigenvalue weighted by Gasteiger charge is 2.21. The van der Waals surface area contributed by atoms with E-state index in [4.69, 9.17) is 15.2 Å². The molecule has 0 spiro atoms. The van der Waals surface area contributed by atoms with Crippen LogP contribution in [0.4, 0.5) is 0 Å². The van der Waals surface area contributed by atoms with E-state index in [1.165, 1.54) is 6.20 Å². The fraction of sp³-hybridized carbons (Fsp3) is 0.226. The van der Waals surface area contributed by atoms with Crippen LogP contribution in [0.1, 0.15) is 29.8 Å². The topological polar surface area (TPSA) is 122 Å². The maximum absolute atomic E-state index is 11.2. The van der Waals surface area contributed by atoms with Gasteiger partial charge in [-0.25, -0.2) is 4.98 Å². The first kappa shape index (κ1) is 33.4. The molecule has 0 aliphatic carbocycles. The second kappa shape index (κ2) is 14.1. The van der Waals surface area contributed by atoms with Crippen molar-refractivity contribution in [2.75, 3.05) is 13.2 Å². The summed E-state index contributed by atoms with van der Waals surface area (Å²) in [5.74, 6) is 1.15. The molecule has 0 aliphatic rings. The molecular weight excluding hydrogens is 812 g/mol. The minimum atomic E-state index is -0.726. The third kappa shape index (κ3) is 8.17. The van der Waals surface area contributed by atoms with Crippen molar-refractivity contribution in [3.63, 3.8) is 0 Å². The molecule has 0 saturated heterocycles. The summed E-state index contributed by atoms with van der Waals surface area (Å²) in [7, 11) is 0. The molecule has 1 atom stereocenters. The molecule has 2 heterocycles. The Morgan fingerprint density at radius 2 is 1.81 bits per heavy atom. The van der Waals surface area contributed by atoms with Crippen molar-refractivity contribution < 1.29 is 19.4 Å². The van der Waals surface area contributed by atoms with E-state index in [1.54, 1.807) is 12.1 Å². The number of nitrogens with one attached hydrogen (secondary N) is 2. The highest BCUT2D eigenvalue weighted by molar-refractivity contribution is 9.11. The van der Waals surface area contributed by atoms with Crippen LogP contribution >= 0.6 is 64.8 Å². The van der Waals surface area contributed by atoms with Gasteiger partial charge in [0.25, 0.3) is 0 Å². The number of nitrogens with two attached hydrogens (primary N) is 1. The number of β-amino-alcohol motifs (C(OH)–C–C–N with tert-alkyl or cyclic N) is 1. The molecule has 5 N–H and O–H groups in total. The molecule has 2 aromatic heterocycles. The zero-order valence-corrected chi connectivity index (χ0v) is 29.8. The van der Waals surface area contributed by atoms with Gasteiger partial charge in [-0.2, -0.15) is 0 Å². The minimum Gasteiger partial charge on any atom is -0.489 e. The standard InChI is InChI=1S/C31H29Br3N4O4.BrH/c1-31(2,13-17-3-7-21(8-4-17)42-26-10-5-18(14-36-26)30(35)40)37-15-20(39)16-41-29-24(34)12-23(33)28-27(29)22-11-19(32)6-9-25(22)38-28;/h3-12,14,20,37-39H,13,15-16H2,1-2H3,(H2,35,40);1H/t20-;/m0./s1. The van der Waals surface area contributed by atoms with Crippen molar-refractivity contribution >= 4 is 92.5 Å². The highest BCUT2D eigenvalue weighted by Crippen LogP contribution is 2.43. The van der Waals surface area contributed by atoms with Crippen LogP contribution in [-0.2, 0) is 6.42 Å². The van der Waals surface area contributed by atoms with Gasteiger partial charge in [-0.05, 0) is 100 Å². The number of carbonyl (C=O) groups is 1. The van der Waals surface area contributed by atoms with Crippen molar-refractivity contribution in [3.05, 3.63) is 91.4 Å². The smallest absolute Gasteiger partial charge is 0.250 e. The molecule has 0 fully saturated rings. The summed E-state index contributed by atoms with van der Waals surface area (Å²) in [4.78, 5) is 18.8. The number of hydrogen-bond donors (Lipinski definition) is 4. The summed E-state index contributed by atoms with van der Waals surface area (Å²) in [5, 5.41) is 16.2. The lowest BCUT2D eigenvalue weighted by molar-refractivity contribution is 0.0992. The van der Waals surface area contributed by atoms with E-state index in [-0.39, 0.29) is 29.1 Å². The first-order valence-corrected chi connectivity index (χ1v) is 15.5. The number of carbonyl (C=O) groups excluding carboxylic acids is 1. The molecule has 0 bridgehead atoms. The Balaban J connectivity index is 0.00000423. The number of pyridine rings is 1. The number of aliphatic hydroxyl groups excluding tert-OH is 1. The number of ether oxygens (including phenoxy) is 2. The van der Waals surface area contributed by atoms with Gasteiger partial charge in [0.1, 0.15) is 24.2 Å². The van der Waals surface area contributed by atoms with Crippen LogP contribution in [0.15, 0.2) is 80.3 Å². The van der Waals surface area contributed by atoms with Gasteiger partial charge in [-0.3, -0.25) is 4.79 Å². The molecule has 8 nitrogen and oxygen atoms in total. The molecule has 0 saturated carbocycles. The molecule has 43 heavy (non-hydrogen) atoms. The zero-order valence-electron chi connectivity index (χ0n) is 23.3. The summed E-state index contributed by atoms with van der Waals surface area (Å²) in [6.07, 6.45) is 1.39. The maximum atomic E-state index is 11.2. The molecule has 0 radical (unpaired) electrons. The van der Waals surface area contributed by atoms with Crippen LogP contribution in [-0.4, -0.2) is 45.8 Å². The summed E-state index contributed by atoms with van der Waals surface area (Å²) in [6.45, 7) is 4.67. The van der Waals surface area contributed by atoms with E-state index in [0.717, 1.165) is 47.2 Å². The molecule has 226 valence electrons. The van der Waals surface area contributed by atoms with Crippen molar-refractivity contribution in [2.45, 2.75) is 31.9 Å². The van der Waals surface area contributed by atoms with Crippen molar-refractivity contribution in [1.82, 2.24) is 15.3 Å². The van der Waals surface area contributed by atoms with Gasteiger partial charge in [0, 0.05) is 44.2 Å². The van der Waals surface area contributed by atoms with Gasteiger partial charge in [-0.1, -0.05) is 28.1 Å². The monoisotopic (exact) mass is 838 g/mol. The molecule has 0 unspecified atom stereocenters. The number of aromatic amines is 1. The van der Waals surface area contributed by atoms with E-state index in [9.17, 15) is 9.90 Å². The lowest BCUT2D eigenvalue weighted by atomic mass is 9.94. The number of aromatic nitrogens is 2. The van der Waals surface area contributed by atoms with E-state index < -0.39 is 12.0 Å². The number of hydrogen-bond acceptors (Lipinski definition) is 6. The molecule has 1 amide bonds. The quantitative estimate of drug-likeness (QED) is 0.108. The molecule has 5 rings (SSSR count). The van der Waals surface area contributed by atoms with Crippen molar-refractivity contribution in [2.24, 2.45) is 5.73 Å². The number of fused-ring (bicyclic) bond motifs is 3. The van der Waals surface area contributed by atoms with Gasteiger partial charge < -0.3 is 30.6 Å². The fourth-order valence-electron chi connectivity index (χ4n) is 4.68. The summed E-state index contributed by atoms with van der Waals surface area (Å²) in [5.41, 5.74) is 8.33. The number of halogens is 4. The van der Waals surface area contributed by atoms with Gasteiger partial charge >= 0.3 is 0 Å². The minimum absolute atomic E-state index is 0. The van der Waals surface area contributed by atoms with Crippen LogP contribution in [0.25, 0.3) is 21.8 Å². The third-order valence-electron chi connectivity index (χ3n) is 6.75. The Bertz CT molecular complexity index is 1740. The predicted octanol–water partition coefficient (Wildman–Crippen LogP) is 7.82. The first-order chi connectivity index (χ1) is 20.0. The molecule has 0 aliphatic heterocycles. The van der Waals surface area contributed by atoms with Crippen LogP contribution in [0.2, 0.25) is 0 Å². The van der Waals surface area contributed by atoms with E-state index in [2.05, 4.69) is 83.0 Å². The third-order valence-corrected chi connectivity index (χ3v) is 8.45. The van der Waals surface area contributed by atoms with E-state index in [1.807, 2.05) is 42.5 Å². The number of rotatable bonds is 11. The van der Waals surface area contributed by atoms with E-state index in [0.29, 0.717) is 29.5 Å². The normalized spacial score (nSPS) is 12.2.